The maximum atomic E-state index is 12.8. The van der Waals surface area contributed by atoms with Crippen LogP contribution in [0.25, 0.3) is 5.65 Å². The number of benzene rings is 1. The molecule has 1 atom stereocenters. The van der Waals surface area contributed by atoms with Crippen molar-refractivity contribution in [2.45, 2.75) is 19.4 Å². The van der Waals surface area contributed by atoms with Gasteiger partial charge in [0.15, 0.2) is 0 Å². The largest absolute Gasteiger partial charge is 0.349 e. The number of hydrogen-bond acceptors (Lipinski definition) is 3. The molecular formula is C20H19N5O. The van der Waals surface area contributed by atoms with Gasteiger partial charge in [0.25, 0.3) is 5.91 Å². The smallest absolute Gasteiger partial charge is 0.272 e. The van der Waals surface area contributed by atoms with Gasteiger partial charge in [-0.25, -0.2) is 9.97 Å². The lowest BCUT2D eigenvalue weighted by atomic mass is 10.0. The number of carbonyl (C=O) groups excluding carboxylic acids is 1. The van der Waals surface area contributed by atoms with E-state index in [1.165, 1.54) is 0 Å². The number of pyridine rings is 1. The van der Waals surface area contributed by atoms with E-state index in [1.807, 2.05) is 60.0 Å². The van der Waals surface area contributed by atoms with Crippen LogP contribution in [-0.4, -0.2) is 25.3 Å². The number of hydrogen-bond donors (Lipinski definition) is 2. The predicted octanol–water partition coefficient (Wildman–Crippen LogP) is 3.08. The van der Waals surface area contributed by atoms with Crippen molar-refractivity contribution in [3.63, 3.8) is 0 Å². The van der Waals surface area contributed by atoms with Crippen LogP contribution in [0.2, 0.25) is 0 Å². The van der Waals surface area contributed by atoms with Gasteiger partial charge in [0, 0.05) is 31.2 Å². The molecule has 3 aromatic heterocycles. The second-order valence-electron chi connectivity index (χ2n) is 6.27. The van der Waals surface area contributed by atoms with Gasteiger partial charge < -0.3 is 14.7 Å². The number of amides is 1. The van der Waals surface area contributed by atoms with E-state index in [1.54, 1.807) is 18.6 Å². The highest BCUT2D eigenvalue weighted by Crippen LogP contribution is 2.18. The van der Waals surface area contributed by atoms with E-state index in [0.29, 0.717) is 12.1 Å². The summed E-state index contributed by atoms with van der Waals surface area (Å²) >= 11 is 0. The number of rotatable bonds is 5. The Labute approximate surface area is 150 Å². The molecule has 0 radical (unpaired) electrons. The minimum Gasteiger partial charge on any atom is -0.349 e. The number of H-pyrrole nitrogens is 1. The lowest BCUT2D eigenvalue weighted by molar-refractivity contribution is 0.0931. The maximum absolute atomic E-state index is 12.8. The molecule has 6 nitrogen and oxygen atoms in total. The third kappa shape index (κ3) is 3.35. The van der Waals surface area contributed by atoms with Crippen LogP contribution in [0.15, 0.2) is 67.3 Å². The first-order valence-electron chi connectivity index (χ1n) is 8.48. The summed E-state index contributed by atoms with van der Waals surface area (Å²) in [5, 5.41) is 3.09. The van der Waals surface area contributed by atoms with Crippen molar-refractivity contribution in [3.05, 3.63) is 89.9 Å². The Morgan fingerprint density at radius 3 is 2.88 bits per heavy atom. The second kappa shape index (κ2) is 6.84. The van der Waals surface area contributed by atoms with E-state index < -0.39 is 0 Å². The molecule has 2 N–H and O–H groups in total. The maximum Gasteiger partial charge on any atom is 0.272 e. The highest BCUT2D eigenvalue weighted by molar-refractivity contribution is 5.93. The predicted molar refractivity (Wildman–Crippen MR) is 98.9 cm³/mol. The number of nitrogens with zero attached hydrogens (tertiary/aromatic N) is 3. The third-order valence-corrected chi connectivity index (χ3v) is 4.31. The quantitative estimate of drug-likeness (QED) is 0.584. The molecule has 4 aromatic rings. The summed E-state index contributed by atoms with van der Waals surface area (Å²) < 4.78 is 1.85. The fourth-order valence-electron chi connectivity index (χ4n) is 2.97. The van der Waals surface area contributed by atoms with Crippen molar-refractivity contribution in [1.82, 2.24) is 24.7 Å². The average Bonchev–Trinajstić information content (AvgIpc) is 3.31. The Bertz CT molecular complexity index is 1020. The molecule has 0 fully saturated rings. The van der Waals surface area contributed by atoms with Gasteiger partial charge in [0.1, 0.15) is 17.2 Å². The van der Waals surface area contributed by atoms with Crippen LogP contribution in [0.1, 0.15) is 33.5 Å². The molecule has 0 unspecified atom stereocenters. The van der Waals surface area contributed by atoms with Crippen LogP contribution in [0, 0.1) is 6.92 Å². The van der Waals surface area contributed by atoms with Gasteiger partial charge >= 0.3 is 0 Å². The van der Waals surface area contributed by atoms with Gasteiger partial charge in [-0.2, -0.15) is 0 Å². The Balaban J connectivity index is 1.60. The lowest BCUT2D eigenvalue weighted by Gasteiger charge is -2.17. The molecule has 130 valence electrons. The molecule has 0 spiro atoms. The summed E-state index contributed by atoms with van der Waals surface area (Å²) in [5.74, 6) is 0.622. The number of fused-ring (bicyclic) bond motifs is 1. The fourth-order valence-corrected chi connectivity index (χ4v) is 2.97. The van der Waals surface area contributed by atoms with Crippen molar-refractivity contribution >= 4 is 11.6 Å². The van der Waals surface area contributed by atoms with Gasteiger partial charge in [-0.1, -0.05) is 30.3 Å². The van der Waals surface area contributed by atoms with Crippen molar-refractivity contribution in [3.8, 4) is 0 Å². The van der Waals surface area contributed by atoms with Crippen LogP contribution < -0.4 is 5.32 Å². The summed E-state index contributed by atoms with van der Waals surface area (Å²) in [7, 11) is 0. The second-order valence-corrected chi connectivity index (χ2v) is 6.27. The standard InChI is InChI=1S/C20H19N5O/c1-14-7-10-25-13-17(23-19(25)11-14)20(26)24-16(12-18-21-8-9-22-18)15-5-3-2-4-6-15/h2-11,13,16H,12H2,1H3,(H,21,22)(H,24,26)/t16-/m1/s1. The molecule has 26 heavy (non-hydrogen) atoms. The van der Waals surface area contributed by atoms with Crippen molar-refractivity contribution in [1.29, 1.82) is 0 Å². The normalized spacial score (nSPS) is 12.2. The van der Waals surface area contributed by atoms with Gasteiger partial charge in [0.2, 0.25) is 0 Å². The molecule has 0 aliphatic rings. The average molecular weight is 345 g/mol. The molecule has 0 aliphatic heterocycles. The molecule has 0 bridgehead atoms. The molecular weight excluding hydrogens is 326 g/mol. The van der Waals surface area contributed by atoms with Gasteiger partial charge in [-0.05, 0) is 30.2 Å². The summed E-state index contributed by atoms with van der Waals surface area (Å²) in [4.78, 5) is 24.6. The third-order valence-electron chi connectivity index (χ3n) is 4.31. The summed E-state index contributed by atoms with van der Waals surface area (Å²) in [6.07, 6.45) is 7.73. The first-order valence-corrected chi connectivity index (χ1v) is 8.48. The van der Waals surface area contributed by atoms with E-state index in [-0.39, 0.29) is 11.9 Å². The molecule has 4 rings (SSSR count). The van der Waals surface area contributed by atoms with Crippen molar-refractivity contribution < 1.29 is 4.79 Å². The first-order chi connectivity index (χ1) is 12.7. The van der Waals surface area contributed by atoms with Crippen LogP contribution in [-0.2, 0) is 6.42 Å². The van der Waals surface area contributed by atoms with Crippen molar-refractivity contribution in [2.24, 2.45) is 0 Å². The van der Waals surface area contributed by atoms with Gasteiger partial charge in [-0.3, -0.25) is 4.79 Å². The number of imidazole rings is 2. The number of aromatic nitrogens is 4. The Morgan fingerprint density at radius 2 is 2.12 bits per heavy atom. The number of aromatic amines is 1. The molecule has 0 aliphatic carbocycles. The minimum atomic E-state index is -0.202. The van der Waals surface area contributed by atoms with E-state index in [2.05, 4.69) is 20.3 Å². The zero-order chi connectivity index (χ0) is 17.9. The topological polar surface area (TPSA) is 75.1 Å². The SMILES string of the molecule is Cc1ccn2cc(C(=O)N[C@H](Cc3ncc[nH]3)c3ccccc3)nc2c1. The molecule has 6 heteroatoms. The Morgan fingerprint density at radius 1 is 1.27 bits per heavy atom. The number of aryl methyl sites for hydroxylation is 1. The van der Waals surface area contributed by atoms with Crippen LogP contribution in [0.3, 0.4) is 0 Å². The molecule has 1 aromatic carbocycles. The zero-order valence-electron chi connectivity index (χ0n) is 14.4. The fraction of sp³-hybridized carbons (Fsp3) is 0.150. The molecule has 1 amide bonds. The van der Waals surface area contributed by atoms with Gasteiger partial charge in [-0.15, -0.1) is 0 Å². The van der Waals surface area contributed by atoms with Crippen LogP contribution in [0.5, 0.6) is 0 Å². The van der Waals surface area contributed by atoms with E-state index in [0.717, 1.165) is 22.6 Å². The number of nitrogens with one attached hydrogen (secondary N) is 2. The summed E-state index contributed by atoms with van der Waals surface area (Å²) in [6.45, 7) is 2.00. The highest BCUT2D eigenvalue weighted by Gasteiger charge is 2.19. The lowest BCUT2D eigenvalue weighted by Crippen LogP contribution is -2.30. The van der Waals surface area contributed by atoms with Gasteiger partial charge in [0.05, 0.1) is 6.04 Å². The van der Waals surface area contributed by atoms with E-state index in [4.69, 9.17) is 0 Å². The molecule has 0 saturated heterocycles. The summed E-state index contributed by atoms with van der Waals surface area (Å²) in [5.41, 5.74) is 3.29. The molecule has 0 saturated carbocycles. The first kappa shape index (κ1) is 16.1. The van der Waals surface area contributed by atoms with Crippen LogP contribution in [0.4, 0.5) is 0 Å². The minimum absolute atomic E-state index is 0.193. The zero-order valence-corrected chi connectivity index (χ0v) is 14.4. The summed E-state index contributed by atoms with van der Waals surface area (Å²) in [6, 6.07) is 13.6. The van der Waals surface area contributed by atoms with E-state index >= 15 is 0 Å². The van der Waals surface area contributed by atoms with Crippen LogP contribution >= 0.6 is 0 Å². The Kier molecular flexibility index (Phi) is 4.23. The monoisotopic (exact) mass is 345 g/mol. The number of carbonyl (C=O) groups is 1. The van der Waals surface area contributed by atoms with Crippen molar-refractivity contribution in [2.75, 3.05) is 0 Å². The Hall–Kier alpha value is -3.41. The highest BCUT2D eigenvalue weighted by atomic mass is 16.2. The molecule has 3 heterocycles. The van der Waals surface area contributed by atoms with E-state index in [9.17, 15) is 4.79 Å².